The van der Waals surface area contributed by atoms with Crippen LogP contribution in [0.1, 0.15) is 43.7 Å². The molecule has 1 aliphatic carbocycles. The van der Waals surface area contributed by atoms with Gasteiger partial charge in [0.1, 0.15) is 23.8 Å². The van der Waals surface area contributed by atoms with Crippen LogP contribution in [-0.4, -0.2) is 56.9 Å². The summed E-state index contributed by atoms with van der Waals surface area (Å²) in [7, 11) is 5.76. The molecule has 2 aliphatic heterocycles. The van der Waals surface area contributed by atoms with E-state index in [4.69, 9.17) is 0 Å². The van der Waals surface area contributed by atoms with Crippen LogP contribution >= 0.6 is 0 Å². The fraction of sp³-hybridized carbons (Fsp3) is 0.560. The molecule has 0 radical (unpaired) electrons. The highest BCUT2D eigenvalue weighted by Crippen LogP contribution is 2.34. The molecule has 6 N–H and O–H groups in total. The predicted molar refractivity (Wildman–Crippen MR) is 132 cm³/mol. The molecule has 3 aliphatic rings. The SMILES string of the molecule is CN/C=C(\CNC)c1cc(F)cc(CNC(=O)C2NC(C)NC3=C2NC(C2CCCC2)N3C)c1. The molecular formula is C25H38FN7O. The van der Waals surface area contributed by atoms with Gasteiger partial charge in [-0.25, -0.2) is 4.39 Å². The highest BCUT2D eigenvalue weighted by atomic mass is 19.1. The molecule has 8 nitrogen and oxygen atoms in total. The van der Waals surface area contributed by atoms with Gasteiger partial charge in [-0.1, -0.05) is 12.8 Å². The Hall–Kier alpha value is -2.78. The number of benzene rings is 1. The first-order chi connectivity index (χ1) is 16.4. The zero-order chi connectivity index (χ0) is 24.2. The molecule has 1 aromatic carbocycles. The van der Waals surface area contributed by atoms with Crippen molar-refractivity contribution in [3.63, 3.8) is 0 Å². The van der Waals surface area contributed by atoms with Gasteiger partial charge in [0, 0.05) is 33.4 Å². The number of hydrogen-bond acceptors (Lipinski definition) is 7. The van der Waals surface area contributed by atoms with Crippen LogP contribution in [0.3, 0.4) is 0 Å². The molecule has 1 aromatic rings. The average Bonchev–Trinajstić information content (AvgIpc) is 3.45. The van der Waals surface area contributed by atoms with Crippen molar-refractivity contribution < 1.29 is 9.18 Å². The minimum Gasteiger partial charge on any atom is -0.394 e. The molecule has 0 bridgehead atoms. The molecule has 0 aromatic heterocycles. The van der Waals surface area contributed by atoms with Gasteiger partial charge in [0.25, 0.3) is 0 Å². The molecule has 1 saturated carbocycles. The lowest BCUT2D eigenvalue weighted by atomic mass is 10.0. The van der Waals surface area contributed by atoms with Crippen molar-refractivity contribution in [2.75, 3.05) is 27.7 Å². The number of amides is 1. The first-order valence-electron chi connectivity index (χ1n) is 12.3. The summed E-state index contributed by atoms with van der Waals surface area (Å²) in [6.07, 6.45) is 6.97. The van der Waals surface area contributed by atoms with E-state index in [-0.39, 0.29) is 30.6 Å². The number of hydrogen-bond donors (Lipinski definition) is 6. The first-order valence-corrected chi connectivity index (χ1v) is 12.3. The smallest absolute Gasteiger partial charge is 0.243 e. The summed E-state index contributed by atoms with van der Waals surface area (Å²) in [4.78, 5) is 15.5. The van der Waals surface area contributed by atoms with Crippen LogP contribution in [0.15, 0.2) is 35.9 Å². The Labute approximate surface area is 201 Å². The van der Waals surface area contributed by atoms with Gasteiger partial charge in [-0.05, 0) is 67.6 Å². The summed E-state index contributed by atoms with van der Waals surface area (Å²) in [5, 5.41) is 19.6. The highest BCUT2D eigenvalue weighted by molar-refractivity contribution is 5.85. The van der Waals surface area contributed by atoms with E-state index in [1.807, 2.05) is 33.3 Å². The molecule has 0 spiro atoms. The Morgan fingerprint density at radius 3 is 2.68 bits per heavy atom. The number of rotatable bonds is 8. The van der Waals surface area contributed by atoms with E-state index in [1.165, 1.54) is 37.8 Å². The van der Waals surface area contributed by atoms with Crippen molar-refractivity contribution in [2.45, 2.75) is 57.5 Å². The van der Waals surface area contributed by atoms with Crippen molar-refractivity contribution in [1.29, 1.82) is 0 Å². The lowest BCUT2D eigenvalue weighted by Gasteiger charge is -2.33. The van der Waals surface area contributed by atoms with E-state index in [2.05, 4.69) is 43.8 Å². The third-order valence-electron chi connectivity index (χ3n) is 6.98. The fourth-order valence-corrected chi connectivity index (χ4v) is 5.38. The van der Waals surface area contributed by atoms with Gasteiger partial charge in [0.05, 0.1) is 11.9 Å². The largest absolute Gasteiger partial charge is 0.394 e. The highest BCUT2D eigenvalue weighted by Gasteiger charge is 2.42. The Bertz CT molecular complexity index is 957. The van der Waals surface area contributed by atoms with Crippen LogP contribution < -0.4 is 31.9 Å². The lowest BCUT2D eigenvalue weighted by molar-refractivity contribution is -0.122. The van der Waals surface area contributed by atoms with Gasteiger partial charge >= 0.3 is 0 Å². The summed E-state index contributed by atoms with van der Waals surface area (Å²) in [6, 6.07) is 4.42. The van der Waals surface area contributed by atoms with E-state index in [1.54, 1.807) is 0 Å². The fourth-order valence-electron chi connectivity index (χ4n) is 5.38. The molecule has 9 heteroatoms. The standard InChI is InChI=1S/C25H38FN7O/c1-15-30-22(21-24(31-15)33(4)23(32-21)17-7-5-6-8-17)25(34)29-12-16-9-18(11-20(26)10-16)19(13-27-2)14-28-3/h9-11,13,15,17,22-23,27-28,30-32H,5-8,12,14H2,1-4H3,(H,29,34)/b19-13+. The summed E-state index contributed by atoms with van der Waals surface area (Å²) >= 11 is 0. The molecule has 2 heterocycles. The molecule has 186 valence electrons. The third-order valence-corrected chi connectivity index (χ3v) is 6.98. The summed E-state index contributed by atoms with van der Waals surface area (Å²) in [6.45, 7) is 2.86. The normalized spacial score (nSPS) is 25.1. The number of likely N-dealkylation sites (N-methyl/N-ethyl adjacent to an activating group) is 1. The van der Waals surface area contributed by atoms with E-state index in [0.717, 1.165) is 28.2 Å². The maximum Gasteiger partial charge on any atom is 0.243 e. The molecule has 1 fully saturated rings. The topological polar surface area (TPSA) is 92.5 Å². The summed E-state index contributed by atoms with van der Waals surface area (Å²) < 4.78 is 14.4. The van der Waals surface area contributed by atoms with Crippen LogP contribution in [-0.2, 0) is 11.3 Å². The van der Waals surface area contributed by atoms with Crippen LogP contribution in [0, 0.1) is 11.7 Å². The Kier molecular flexibility index (Phi) is 7.63. The maximum atomic E-state index is 14.4. The van der Waals surface area contributed by atoms with Crippen molar-refractivity contribution in [3.8, 4) is 0 Å². The average molecular weight is 472 g/mol. The molecule has 4 rings (SSSR count). The van der Waals surface area contributed by atoms with Crippen molar-refractivity contribution in [2.24, 2.45) is 5.92 Å². The minimum absolute atomic E-state index is 0.0439. The lowest BCUT2D eigenvalue weighted by Crippen LogP contribution is -2.58. The molecule has 34 heavy (non-hydrogen) atoms. The van der Waals surface area contributed by atoms with Crippen molar-refractivity contribution in [3.05, 3.63) is 52.9 Å². The van der Waals surface area contributed by atoms with E-state index >= 15 is 0 Å². The van der Waals surface area contributed by atoms with Gasteiger partial charge < -0.3 is 31.5 Å². The molecular weight excluding hydrogens is 433 g/mol. The summed E-state index contributed by atoms with van der Waals surface area (Å²) in [5.41, 5.74) is 3.34. The number of nitrogens with zero attached hydrogens (tertiary/aromatic N) is 1. The molecule has 0 saturated heterocycles. The third kappa shape index (κ3) is 5.15. The Morgan fingerprint density at radius 1 is 1.21 bits per heavy atom. The van der Waals surface area contributed by atoms with Crippen LogP contribution in [0.2, 0.25) is 0 Å². The van der Waals surface area contributed by atoms with E-state index in [9.17, 15) is 9.18 Å². The van der Waals surface area contributed by atoms with Gasteiger partial charge in [0.2, 0.25) is 5.91 Å². The van der Waals surface area contributed by atoms with Crippen molar-refractivity contribution >= 4 is 11.5 Å². The number of carbonyl (C=O) groups excluding carboxylic acids is 1. The van der Waals surface area contributed by atoms with Crippen LogP contribution in [0.25, 0.3) is 5.57 Å². The maximum absolute atomic E-state index is 14.4. The minimum atomic E-state index is -0.489. The van der Waals surface area contributed by atoms with Crippen LogP contribution in [0.4, 0.5) is 4.39 Å². The van der Waals surface area contributed by atoms with E-state index in [0.29, 0.717) is 12.5 Å². The molecule has 1 amide bonds. The second-order valence-corrected chi connectivity index (χ2v) is 9.53. The van der Waals surface area contributed by atoms with Crippen molar-refractivity contribution in [1.82, 2.24) is 36.8 Å². The Balaban J connectivity index is 1.47. The monoisotopic (exact) mass is 471 g/mol. The number of halogens is 1. The summed E-state index contributed by atoms with van der Waals surface area (Å²) in [5.74, 6) is 1.13. The second kappa shape index (κ2) is 10.7. The first kappa shape index (κ1) is 24.3. The predicted octanol–water partition coefficient (Wildman–Crippen LogP) is 1.35. The van der Waals surface area contributed by atoms with E-state index < -0.39 is 6.04 Å². The number of nitrogens with one attached hydrogen (secondary N) is 6. The number of carbonyl (C=O) groups is 1. The molecule has 3 unspecified atom stereocenters. The zero-order valence-corrected chi connectivity index (χ0v) is 20.6. The van der Waals surface area contributed by atoms with Gasteiger partial charge in [0.15, 0.2) is 0 Å². The Morgan fingerprint density at radius 2 is 1.97 bits per heavy atom. The van der Waals surface area contributed by atoms with Gasteiger partial charge in [-0.15, -0.1) is 0 Å². The quantitative estimate of drug-likeness (QED) is 0.341. The molecule has 3 atom stereocenters. The van der Waals surface area contributed by atoms with Crippen LogP contribution in [0.5, 0.6) is 0 Å². The van der Waals surface area contributed by atoms with Gasteiger partial charge in [-0.3, -0.25) is 10.1 Å². The second-order valence-electron chi connectivity index (χ2n) is 9.53. The van der Waals surface area contributed by atoms with Gasteiger partial charge in [-0.2, -0.15) is 0 Å². The zero-order valence-electron chi connectivity index (χ0n) is 20.6.